The van der Waals surface area contributed by atoms with Crippen molar-refractivity contribution < 1.29 is 0 Å². The molecule has 0 aromatic carbocycles. The minimum atomic E-state index is -0.0168. The molecule has 0 spiro atoms. The van der Waals surface area contributed by atoms with E-state index in [1.54, 1.807) is 0 Å². The average Bonchev–Trinajstić information content (AvgIpc) is 2.75. The van der Waals surface area contributed by atoms with Crippen LogP contribution in [0.5, 0.6) is 0 Å². The Balaban J connectivity index is 1.93. The van der Waals surface area contributed by atoms with Crippen molar-refractivity contribution in [3.05, 3.63) is 47.8 Å². The number of rotatable bonds is 2. The highest BCUT2D eigenvalue weighted by Gasteiger charge is 2.30. The van der Waals surface area contributed by atoms with Crippen LogP contribution in [0.1, 0.15) is 30.8 Å². The molecule has 0 bridgehead atoms. The molecule has 4 nitrogen and oxygen atoms in total. The van der Waals surface area contributed by atoms with E-state index < -0.39 is 0 Å². The number of fused-ring (bicyclic) bond motifs is 1. The van der Waals surface area contributed by atoms with Crippen molar-refractivity contribution in [2.45, 2.75) is 32.4 Å². The van der Waals surface area contributed by atoms with Crippen LogP contribution in [0.3, 0.4) is 0 Å². The minimum absolute atomic E-state index is 0.0168. The van der Waals surface area contributed by atoms with Crippen LogP contribution >= 0.6 is 0 Å². The molecule has 94 valence electrons. The third-order valence-electron chi connectivity index (χ3n) is 3.57. The lowest BCUT2D eigenvalue weighted by atomic mass is 9.93. The Hall–Kier alpha value is -1.68. The zero-order valence-corrected chi connectivity index (χ0v) is 10.8. The molecule has 1 N–H and O–H groups in total. The Bertz CT molecular complexity index is 542. The van der Waals surface area contributed by atoms with Crippen LogP contribution in [-0.4, -0.2) is 21.1 Å². The van der Waals surface area contributed by atoms with Crippen molar-refractivity contribution in [3.8, 4) is 0 Å². The number of pyridine rings is 1. The van der Waals surface area contributed by atoms with Gasteiger partial charge in [-0.05, 0) is 31.5 Å². The van der Waals surface area contributed by atoms with Crippen LogP contribution in [0.25, 0.3) is 0 Å². The van der Waals surface area contributed by atoms with E-state index in [0.717, 1.165) is 19.5 Å². The maximum absolute atomic E-state index is 4.59. The van der Waals surface area contributed by atoms with Gasteiger partial charge in [-0.1, -0.05) is 0 Å². The van der Waals surface area contributed by atoms with E-state index in [4.69, 9.17) is 0 Å². The van der Waals surface area contributed by atoms with E-state index in [9.17, 15) is 0 Å². The summed E-state index contributed by atoms with van der Waals surface area (Å²) in [5.74, 6) is 0. The van der Waals surface area contributed by atoms with Crippen LogP contribution in [-0.2, 0) is 18.5 Å². The Kier molecular flexibility index (Phi) is 2.67. The van der Waals surface area contributed by atoms with Crippen LogP contribution in [0.4, 0.5) is 0 Å². The molecular weight excluding hydrogens is 224 g/mol. The fraction of sp³-hybridized carbons (Fsp3) is 0.429. The maximum atomic E-state index is 4.59. The molecule has 0 saturated heterocycles. The predicted octanol–water partition coefficient (Wildman–Crippen LogP) is 1.71. The van der Waals surface area contributed by atoms with Gasteiger partial charge in [-0.3, -0.25) is 4.98 Å². The number of nitrogens with one attached hydrogen (secondary N) is 1. The van der Waals surface area contributed by atoms with E-state index in [2.05, 4.69) is 45.8 Å². The lowest BCUT2D eigenvalue weighted by Gasteiger charge is -2.30. The lowest BCUT2D eigenvalue weighted by Crippen LogP contribution is -2.43. The highest BCUT2D eigenvalue weighted by atomic mass is 15.1. The zero-order chi connectivity index (χ0) is 12.6. The standard InChI is InChI=1S/C14H18N4/c1-14(2)13-12(5-8-17-14)18(10-16-13)9-11-3-6-15-7-4-11/h3-4,6-7,10,17H,5,8-9H2,1-2H3. The van der Waals surface area contributed by atoms with Gasteiger partial charge in [0.05, 0.1) is 17.6 Å². The number of nitrogens with zero attached hydrogens (tertiary/aromatic N) is 3. The zero-order valence-electron chi connectivity index (χ0n) is 10.8. The molecular formula is C14H18N4. The molecule has 0 saturated carbocycles. The quantitative estimate of drug-likeness (QED) is 0.871. The van der Waals surface area contributed by atoms with Gasteiger partial charge >= 0.3 is 0 Å². The Labute approximate surface area is 107 Å². The van der Waals surface area contributed by atoms with Gasteiger partial charge in [-0.2, -0.15) is 0 Å². The van der Waals surface area contributed by atoms with Crippen molar-refractivity contribution in [1.82, 2.24) is 19.9 Å². The van der Waals surface area contributed by atoms with Gasteiger partial charge in [0.15, 0.2) is 0 Å². The van der Waals surface area contributed by atoms with Gasteiger partial charge in [-0.25, -0.2) is 4.98 Å². The first-order chi connectivity index (χ1) is 8.67. The summed E-state index contributed by atoms with van der Waals surface area (Å²) in [7, 11) is 0. The molecule has 4 heteroatoms. The summed E-state index contributed by atoms with van der Waals surface area (Å²) in [4.78, 5) is 8.64. The molecule has 0 unspecified atom stereocenters. The van der Waals surface area contributed by atoms with Crippen molar-refractivity contribution in [2.75, 3.05) is 6.54 Å². The molecule has 1 aliphatic heterocycles. The number of imidazole rings is 1. The smallest absolute Gasteiger partial charge is 0.0955 e. The van der Waals surface area contributed by atoms with Crippen molar-refractivity contribution >= 4 is 0 Å². The number of hydrogen-bond donors (Lipinski definition) is 1. The summed E-state index contributed by atoms with van der Waals surface area (Å²) in [6.07, 6.45) is 6.68. The molecule has 2 aromatic heterocycles. The van der Waals surface area contributed by atoms with Crippen LogP contribution in [0.15, 0.2) is 30.9 Å². The van der Waals surface area contributed by atoms with E-state index in [-0.39, 0.29) is 5.54 Å². The first-order valence-electron chi connectivity index (χ1n) is 6.35. The Morgan fingerprint density at radius 1 is 1.33 bits per heavy atom. The molecule has 0 fully saturated rings. The average molecular weight is 242 g/mol. The van der Waals surface area contributed by atoms with Gasteiger partial charge in [0.2, 0.25) is 0 Å². The van der Waals surface area contributed by atoms with Crippen molar-refractivity contribution in [3.63, 3.8) is 0 Å². The van der Waals surface area contributed by atoms with Gasteiger partial charge in [0.1, 0.15) is 0 Å². The Morgan fingerprint density at radius 2 is 2.11 bits per heavy atom. The number of aromatic nitrogens is 3. The molecule has 0 radical (unpaired) electrons. The highest BCUT2D eigenvalue weighted by Crippen LogP contribution is 2.26. The first-order valence-corrected chi connectivity index (χ1v) is 6.35. The van der Waals surface area contributed by atoms with Crippen molar-refractivity contribution in [2.24, 2.45) is 0 Å². The summed E-state index contributed by atoms with van der Waals surface area (Å²) in [5.41, 5.74) is 3.79. The molecule has 18 heavy (non-hydrogen) atoms. The van der Waals surface area contributed by atoms with Gasteiger partial charge in [-0.15, -0.1) is 0 Å². The summed E-state index contributed by atoms with van der Waals surface area (Å²) in [6, 6.07) is 4.11. The van der Waals surface area contributed by atoms with Gasteiger partial charge in [0.25, 0.3) is 0 Å². The molecule has 3 rings (SSSR count). The summed E-state index contributed by atoms with van der Waals surface area (Å²) >= 11 is 0. The second-order valence-electron chi connectivity index (χ2n) is 5.33. The van der Waals surface area contributed by atoms with Crippen LogP contribution in [0, 0.1) is 0 Å². The third kappa shape index (κ3) is 1.93. The second-order valence-corrected chi connectivity index (χ2v) is 5.33. The molecule has 2 aromatic rings. The van der Waals surface area contributed by atoms with Crippen LogP contribution in [0.2, 0.25) is 0 Å². The van der Waals surface area contributed by atoms with E-state index in [1.165, 1.54) is 17.0 Å². The lowest BCUT2D eigenvalue weighted by molar-refractivity contribution is 0.368. The van der Waals surface area contributed by atoms with E-state index >= 15 is 0 Å². The fourth-order valence-electron chi connectivity index (χ4n) is 2.59. The largest absolute Gasteiger partial charge is 0.330 e. The highest BCUT2D eigenvalue weighted by molar-refractivity contribution is 5.26. The van der Waals surface area contributed by atoms with Gasteiger partial charge in [0, 0.05) is 37.6 Å². The predicted molar refractivity (Wildman–Crippen MR) is 70.3 cm³/mol. The van der Waals surface area contributed by atoms with Crippen LogP contribution < -0.4 is 5.32 Å². The van der Waals surface area contributed by atoms with E-state index in [1.807, 2.05) is 18.7 Å². The normalized spacial score (nSPS) is 17.4. The minimum Gasteiger partial charge on any atom is -0.330 e. The second kappa shape index (κ2) is 4.21. The first kappa shape index (κ1) is 11.4. The third-order valence-corrected chi connectivity index (χ3v) is 3.57. The number of hydrogen-bond acceptors (Lipinski definition) is 3. The molecule has 0 amide bonds. The summed E-state index contributed by atoms with van der Waals surface area (Å²) < 4.78 is 2.26. The fourth-order valence-corrected chi connectivity index (χ4v) is 2.59. The van der Waals surface area contributed by atoms with Gasteiger partial charge < -0.3 is 9.88 Å². The van der Waals surface area contributed by atoms with Crippen molar-refractivity contribution in [1.29, 1.82) is 0 Å². The molecule has 0 aliphatic carbocycles. The summed E-state index contributed by atoms with van der Waals surface area (Å²) in [6.45, 7) is 6.27. The Morgan fingerprint density at radius 3 is 2.89 bits per heavy atom. The maximum Gasteiger partial charge on any atom is 0.0955 e. The molecule has 0 atom stereocenters. The SMILES string of the molecule is CC1(C)NCCc2c1ncn2Cc1ccncc1. The molecule has 1 aliphatic rings. The van der Waals surface area contributed by atoms with E-state index in [0.29, 0.717) is 0 Å². The molecule has 3 heterocycles. The monoisotopic (exact) mass is 242 g/mol. The summed E-state index contributed by atoms with van der Waals surface area (Å²) in [5, 5.41) is 3.51. The topological polar surface area (TPSA) is 42.7 Å².